The first-order valence-corrected chi connectivity index (χ1v) is 9.89. The van der Waals surface area contributed by atoms with Gasteiger partial charge in [0.25, 0.3) is 5.91 Å². The van der Waals surface area contributed by atoms with Gasteiger partial charge in [0, 0.05) is 38.3 Å². The van der Waals surface area contributed by atoms with Gasteiger partial charge in [-0.3, -0.25) is 4.79 Å². The number of fused-ring (bicyclic) bond motifs is 3. The molecule has 2 aromatic rings. The van der Waals surface area contributed by atoms with Crippen LogP contribution in [0, 0.1) is 6.92 Å². The Morgan fingerprint density at radius 3 is 2.89 bits per heavy atom. The molecule has 1 atom stereocenters. The third-order valence-corrected chi connectivity index (χ3v) is 6.48. The summed E-state index contributed by atoms with van der Waals surface area (Å²) in [7, 11) is 2.04. The molecule has 4 heterocycles. The van der Waals surface area contributed by atoms with Gasteiger partial charge in [0.1, 0.15) is 17.3 Å². The Morgan fingerprint density at radius 1 is 1.11 bits per heavy atom. The Bertz CT molecular complexity index is 923. The van der Waals surface area contributed by atoms with Crippen molar-refractivity contribution < 1.29 is 4.79 Å². The molecule has 1 aliphatic carbocycles. The van der Waals surface area contributed by atoms with Crippen LogP contribution in [0.4, 0.5) is 5.82 Å². The maximum absolute atomic E-state index is 13.2. The van der Waals surface area contributed by atoms with E-state index in [0.717, 1.165) is 63.4 Å². The summed E-state index contributed by atoms with van der Waals surface area (Å²) in [5.41, 5.74) is 4.23. The van der Waals surface area contributed by atoms with Crippen LogP contribution in [0.5, 0.6) is 0 Å². The third kappa shape index (κ3) is 2.61. The lowest BCUT2D eigenvalue weighted by Crippen LogP contribution is -2.48. The predicted molar refractivity (Wildman–Crippen MR) is 103 cm³/mol. The zero-order chi connectivity index (χ0) is 18.6. The van der Waals surface area contributed by atoms with Crippen LogP contribution in [-0.4, -0.2) is 52.4 Å². The van der Waals surface area contributed by atoms with Gasteiger partial charge < -0.3 is 9.80 Å². The topological polar surface area (TPSA) is 62.2 Å². The van der Waals surface area contributed by atoms with Crippen LogP contribution in [0.3, 0.4) is 0 Å². The van der Waals surface area contributed by atoms with Gasteiger partial charge in [-0.05, 0) is 56.2 Å². The molecular weight excluding hydrogens is 338 g/mol. The van der Waals surface area contributed by atoms with Crippen LogP contribution < -0.4 is 4.90 Å². The molecule has 5 rings (SSSR count). The van der Waals surface area contributed by atoms with E-state index in [-0.39, 0.29) is 11.3 Å². The van der Waals surface area contributed by atoms with Crippen molar-refractivity contribution in [2.45, 2.75) is 44.4 Å². The van der Waals surface area contributed by atoms with E-state index in [0.29, 0.717) is 5.69 Å². The van der Waals surface area contributed by atoms with E-state index < -0.39 is 0 Å². The largest absolute Gasteiger partial charge is 0.359 e. The summed E-state index contributed by atoms with van der Waals surface area (Å²) in [6.07, 6.45) is 7.17. The van der Waals surface area contributed by atoms with Crippen molar-refractivity contribution in [2.24, 2.45) is 0 Å². The van der Waals surface area contributed by atoms with Crippen molar-refractivity contribution in [2.75, 3.05) is 31.6 Å². The fraction of sp³-hybridized carbons (Fsp3) is 0.524. The second-order valence-electron chi connectivity index (χ2n) is 8.25. The minimum absolute atomic E-state index is 0.00946. The molecule has 140 valence electrons. The number of anilines is 1. The van der Waals surface area contributed by atoms with E-state index in [1.165, 1.54) is 16.8 Å². The van der Waals surface area contributed by atoms with Gasteiger partial charge in [0.2, 0.25) is 0 Å². The third-order valence-electron chi connectivity index (χ3n) is 6.48. The lowest BCUT2D eigenvalue weighted by Gasteiger charge is -2.40. The summed E-state index contributed by atoms with van der Waals surface area (Å²) in [6.45, 7) is 4.46. The molecule has 0 radical (unpaired) electrons. The molecule has 6 nitrogen and oxygen atoms in total. The van der Waals surface area contributed by atoms with Gasteiger partial charge in [0.05, 0.1) is 5.69 Å². The van der Waals surface area contributed by atoms with E-state index in [9.17, 15) is 4.79 Å². The molecule has 1 fully saturated rings. The van der Waals surface area contributed by atoms with Crippen molar-refractivity contribution in [3.63, 3.8) is 0 Å². The van der Waals surface area contributed by atoms with Crippen LogP contribution in [0.15, 0.2) is 18.3 Å². The first-order chi connectivity index (χ1) is 13.1. The first kappa shape index (κ1) is 16.7. The molecule has 1 spiro atoms. The molecule has 0 N–H and O–H groups in total. The zero-order valence-corrected chi connectivity index (χ0v) is 16.0. The second-order valence-corrected chi connectivity index (χ2v) is 8.25. The number of rotatable bonds is 1. The van der Waals surface area contributed by atoms with Crippen molar-refractivity contribution >= 4 is 11.7 Å². The number of aromatic nitrogens is 3. The number of hydrogen-bond acceptors (Lipinski definition) is 5. The Kier molecular flexibility index (Phi) is 3.71. The summed E-state index contributed by atoms with van der Waals surface area (Å²) in [6, 6.07) is 3.97. The summed E-state index contributed by atoms with van der Waals surface area (Å²) in [5.74, 6) is 1.83. The van der Waals surface area contributed by atoms with Gasteiger partial charge in [-0.25, -0.2) is 15.0 Å². The summed E-state index contributed by atoms with van der Waals surface area (Å²) in [4.78, 5) is 31.2. The second kappa shape index (κ2) is 6.01. The van der Waals surface area contributed by atoms with Gasteiger partial charge in [0.15, 0.2) is 0 Å². The van der Waals surface area contributed by atoms with Crippen LogP contribution in [0.1, 0.15) is 52.4 Å². The van der Waals surface area contributed by atoms with Gasteiger partial charge in [-0.1, -0.05) is 6.07 Å². The molecule has 3 aliphatic rings. The van der Waals surface area contributed by atoms with Gasteiger partial charge in [-0.2, -0.15) is 0 Å². The van der Waals surface area contributed by atoms with E-state index in [1.807, 2.05) is 31.1 Å². The molecule has 27 heavy (non-hydrogen) atoms. The van der Waals surface area contributed by atoms with E-state index in [2.05, 4.69) is 16.0 Å². The first-order valence-electron chi connectivity index (χ1n) is 9.89. The highest BCUT2D eigenvalue weighted by Gasteiger charge is 2.44. The number of nitrogens with zero attached hydrogens (tertiary/aromatic N) is 5. The number of pyridine rings is 1. The Hall–Kier alpha value is -2.50. The highest BCUT2D eigenvalue weighted by atomic mass is 16.2. The van der Waals surface area contributed by atoms with Crippen LogP contribution in [0.2, 0.25) is 0 Å². The fourth-order valence-electron chi connectivity index (χ4n) is 5.01. The maximum Gasteiger partial charge on any atom is 0.272 e. The lowest BCUT2D eigenvalue weighted by molar-refractivity contribution is 0.0627. The summed E-state index contributed by atoms with van der Waals surface area (Å²) in [5, 5.41) is 0. The Labute approximate surface area is 159 Å². The number of hydrogen-bond donors (Lipinski definition) is 0. The molecular formula is C21H25N5O. The fourth-order valence-corrected chi connectivity index (χ4v) is 5.01. The number of carbonyl (C=O) groups is 1. The number of piperidine rings is 1. The number of aryl methyl sites for hydroxylation is 2. The average Bonchev–Trinajstić information content (AvgIpc) is 3.22. The molecule has 2 aromatic heterocycles. The minimum Gasteiger partial charge on any atom is -0.359 e. The summed E-state index contributed by atoms with van der Waals surface area (Å²) >= 11 is 0. The highest BCUT2D eigenvalue weighted by molar-refractivity contribution is 5.93. The number of likely N-dealkylation sites (N-methyl/N-ethyl adjacent to an activating group) is 1. The van der Waals surface area contributed by atoms with E-state index in [1.54, 1.807) is 0 Å². The van der Waals surface area contributed by atoms with Crippen LogP contribution in [-0.2, 0) is 18.3 Å². The molecule has 0 aromatic carbocycles. The molecule has 1 unspecified atom stereocenters. The van der Waals surface area contributed by atoms with Crippen molar-refractivity contribution in [3.05, 3.63) is 46.7 Å². The number of amides is 1. The average molecular weight is 363 g/mol. The molecule has 1 amide bonds. The van der Waals surface area contributed by atoms with E-state index >= 15 is 0 Å². The minimum atomic E-state index is -0.00946. The number of carbonyl (C=O) groups excluding carboxylic acids is 1. The highest BCUT2D eigenvalue weighted by Crippen LogP contribution is 2.44. The van der Waals surface area contributed by atoms with Crippen molar-refractivity contribution in [1.29, 1.82) is 0 Å². The number of likely N-dealkylation sites (tertiary alicyclic amines) is 1. The monoisotopic (exact) mass is 363 g/mol. The van der Waals surface area contributed by atoms with E-state index in [4.69, 9.17) is 9.97 Å². The SMILES string of the molecule is Cc1ncc2c(n1)C1(CCCN(C(=O)c3ccc4c(n3)N(C)CC4)C1)CC2. The van der Waals surface area contributed by atoms with Crippen molar-refractivity contribution in [1.82, 2.24) is 19.9 Å². The van der Waals surface area contributed by atoms with Crippen LogP contribution in [0.25, 0.3) is 0 Å². The zero-order valence-electron chi connectivity index (χ0n) is 16.0. The molecule has 2 aliphatic heterocycles. The normalized spacial score (nSPS) is 23.6. The molecule has 0 bridgehead atoms. The Balaban J connectivity index is 1.44. The van der Waals surface area contributed by atoms with Crippen molar-refractivity contribution in [3.8, 4) is 0 Å². The maximum atomic E-state index is 13.2. The molecule has 1 saturated heterocycles. The van der Waals surface area contributed by atoms with Gasteiger partial charge >= 0.3 is 0 Å². The lowest BCUT2D eigenvalue weighted by atomic mass is 9.77. The molecule has 6 heteroatoms. The Morgan fingerprint density at radius 2 is 2.00 bits per heavy atom. The predicted octanol–water partition coefficient (Wildman–Crippen LogP) is 2.29. The smallest absolute Gasteiger partial charge is 0.272 e. The molecule has 0 saturated carbocycles. The standard InChI is InChI=1S/C21H25N5O/c1-14-22-12-16-6-9-21(18(16)23-14)8-3-10-26(13-21)20(27)17-5-4-15-7-11-25(2)19(15)24-17/h4-5,12H,3,6-11,13H2,1-2H3. The summed E-state index contributed by atoms with van der Waals surface area (Å²) < 4.78 is 0. The quantitative estimate of drug-likeness (QED) is 0.778. The van der Waals surface area contributed by atoms with Crippen LogP contribution >= 0.6 is 0 Å². The van der Waals surface area contributed by atoms with Gasteiger partial charge in [-0.15, -0.1) is 0 Å².